The van der Waals surface area contributed by atoms with Crippen molar-refractivity contribution in [2.75, 3.05) is 29.1 Å². The molecule has 11 heteroatoms. The number of carbonyl (C=O) groups excluding carboxylic acids is 1. The molecule has 0 saturated carbocycles. The van der Waals surface area contributed by atoms with Crippen LogP contribution < -0.4 is 10.2 Å². The Bertz CT molecular complexity index is 1020. The number of aromatic nitrogens is 4. The smallest absolute Gasteiger partial charge is 0.370 e. The molecule has 2 aromatic heterocycles. The van der Waals surface area contributed by atoms with Gasteiger partial charge >= 0.3 is 6.18 Å². The third-order valence-corrected chi connectivity index (χ3v) is 5.56. The molecule has 0 bridgehead atoms. The molecular formula is C19H19F3N6OS. The van der Waals surface area contributed by atoms with E-state index in [9.17, 15) is 18.0 Å². The average Bonchev–Trinajstić information content (AvgIpc) is 3.15. The van der Waals surface area contributed by atoms with Crippen LogP contribution in [0.1, 0.15) is 24.8 Å². The van der Waals surface area contributed by atoms with E-state index in [1.165, 1.54) is 10.6 Å². The summed E-state index contributed by atoms with van der Waals surface area (Å²) in [5, 5.41) is 7.21. The number of nitrogens with zero attached hydrogens (tertiary/aromatic N) is 5. The number of nitrogens with one attached hydrogen (secondary N) is 1. The molecule has 3 aromatic rings. The maximum Gasteiger partial charge on any atom is 0.416 e. The van der Waals surface area contributed by atoms with E-state index in [1.54, 1.807) is 18.5 Å². The minimum atomic E-state index is -4.48. The zero-order valence-electron chi connectivity index (χ0n) is 15.9. The van der Waals surface area contributed by atoms with Gasteiger partial charge in [-0.15, -0.1) is 5.10 Å². The monoisotopic (exact) mass is 436 g/mol. The van der Waals surface area contributed by atoms with Gasteiger partial charge in [-0.3, -0.25) is 4.79 Å². The first kappa shape index (κ1) is 20.5. The zero-order valence-corrected chi connectivity index (χ0v) is 16.7. The van der Waals surface area contributed by atoms with E-state index in [0.717, 1.165) is 56.2 Å². The number of hydrogen-bond acceptors (Lipinski definition) is 6. The second-order valence-corrected chi connectivity index (χ2v) is 7.82. The van der Waals surface area contributed by atoms with Crippen LogP contribution in [-0.2, 0) is 11.0 Å². The van der Waals surface area contributed by atoms with Gasteiger partial charge in [0.15, 0.2) is 0 Å². The van der Waals surface area contributed by atoms with E-state index in [1.807, 2.05) is 4.90 Å². The number of thioether (sulfide) groups is 1. The van der Waals surface area contributed by atoms with Crippen molar-refractivity contribution in [2.24, 2.45) is 0 Å². The molecule has 1 aromatic carbocycles. The van der Waals surface area contributed by atoms with Crippen LogP contribution in [0.15, 0.2) is 41.8 Å². The second kappa shape index (κ2) is 8.50. The summed E-state index contributed by atoms with van der Waals surface area (Å²) in [6.45, 7) is 1.50. The van der Waals surface area contributed by atoms with E-state index < -0.39 is 17.6 Å². The van der Waals surface area contributed by atoms with Crippen molar-refractivity contribution >= 4 is 34.8 Å². The Kier molecular flexibility index (Phi) is 5.80. The minimum Gasteiger partial charge on any atom is -0.370 e. The summed E-state index contributed by atoms with van der Waals surface area (Å²) in [6.07, 6.45) is 1.82. The molecule has 1 amide bonds. The van der Waals surface area contributed by atoms with Crippen LogP contribution in [0.25, 0.3) is 5.78 Å². The molecule has 0 aliphatic carbocycles. The van der Waals surface area contributed by atoms with Crippen molar-refractivity contribution in [1.82, 2.24) is 19.6 Å². The molecule has 0 spiro atoms. The summed E-state index contributed by atoms with van der Waals surface area (Å²) in [4.78, 5) is 22.8. The normalized spacial score (nSPS) is 14.8. The molecule has 0 radical (unpaired) electrons. The molecule has 1 aliphatic heterocycles. The Hall–Kier alpha value is -2.82. The predicted octanol–water partition coefficient (Wildman–Crippen LogP) is 3.86. The average molecular weight is 436 g/mol. The highest BCUT2D eigenvalue weighted by Crippen LogP contribution is 2.36. The predicted molar refractivity (Wildman–Crippen MR) is 108 cm³/mol. The molecule has 1 saturated heterocycles. The lowest BCUT2D eigenvalue weighted by Crippen LogP contribution is -2.30. The Morgan fingerprint density at radius 3 is 2.73 bits per heavy atom. The quantitative estimate of drug-likeness (QED) is 0.612. The van der Waals surface area contributed by atoms with Gasteiger partial charge in [0, 0.05) is 25.5 Å². The molecule has 0 unspecified atom stereocenters. The molecule has 30 heavy (non-hydrogen) atoms. The minimum absolute atomic E-state index is 0.0352. The maximum atomic E-state index is 13.2. The highest BCUT2D eigenvalue weighted by atomic mass is 32.2. The summed E-state index contributed by atoms with van der Waals surface area (Å²) >= 11 is 1.09. The summed E-state index contributed by atoms with van der Waals surface area (Å²) in [6, 6.07) is 5.20. The lowest BCUT2D eigenvalue weighted by molar-refractivity contribution is -0.137. The standard InChI is InChI=1S/C19H19F3N6OS/c20-19(21,22)13-5-6-15(27-8-2-1-3-9-27)14(11-13)24-16(29)12-30-18-25-17-23-7-4-10-28(17)26-18/h4-7,10-11H,1-3,8-9,12H2,(H,24,29). The number of rotatable bonds is 5. The van der Waals surface area contributed by atoms with E-state index >= 15 is 0 Å². The van der Waals surface area contributed by atoms with Crippen molar-refractivity contribution in [2.45, 2.75) is 30.6 Å². The van der Waals surface area contributed by atoms with Gasteiger partial charge in [0.1, 0.15) is 0 Å². The van der Waals surface area contributed by atoms with Gasteiger partial charge in [0.25, 0.3) is 5.78 Å². The third kappa shape index (κ3) is 4.66. The summed E-state index contributed by atoms with van der Waals surface area (Å²) < 4.78 is 41.1. The number of anilines is 2. The fourth-order valence-corrected chi connectivity index (χ4v) is 3.94. The maximum absolute atomic E-state index is 13.2. The van der Waals surface area contributed by atoms with Crippen LogP contribution in [0.2, 0.25) is 0 Å². The molecule has 7 nitrogen and oxygen atoms in total. The van der Waals surface area contributed by atoms with E-state index in [0.29, 0.717) is 16.6 Å². The van der Waals surface area contributed by atoms with Gasteiger partial charge in [-0.1, -0.05) is 11.8 Å². The Morgan fingerprint density at radius 2 is 2.00 bits per heavy atom. The zero-order chi connectivity index (χ0) is 21.1. The molecule has 1 aliphatic rings. The van der Waals surface area contributed by atoms with Crippen LogP contribution in [0.3, 0.4) is 0 Å². The van der Waals surface area contributed by atoms with Gasteiger partial charge in [-0.05, 0) is 43.5 Å². The van der Waals surface area contributed by atoms with Crippen LogP contribution in [0.4, 0.5) is 24.5 Å². The Balaban J connectivity index is 1.50. The SMILES string of the molecule is O=C(CSc1nc2ncccn2n1)Nc1cc(C(F)(F)F)ccc1N1CCCCC1. The summed E-state index contributed by atoms with van der Waals surface area (Å²) in [5.74, 6) is -0.0536. The van der Waals surface area contributed by atoms with Gasteiger partial charge in [0.2, 0.25) is 11.1 Å². The number of amides is 1. The van der Waals surface area contributed by atoms with Crippen molar-refractivity contribution in [1.29, 1.82) is 0 Å². The van der Waals surface area contributed by atoms with Gasteiger partial charge in [0.05, 0.1) is 22.7 Å². The first-order valence-corrected chi connectivity index (χ1v) is 10.4. The highest BCUT2D eigenvalue weighted by molar-refractivity contribution is 7.99. The number of hydrogen-bond donors (Lipinski definition) is 1. The van der Waals surface area contributed by atoms with Crippen molar-refractivity contribution in [3.8, 4) is 0 Å². The van der Waals surface area contributed by atoms with Crippen molar-refractivity contribution < 1.29 is 18.0 Å². The number of fused-ring (bicyclic) bond motifs is 1. The van der Waals surface area contributed by atoms with Crippen LogP contribution >= 0.6 is 11.8 Å². The first-order valence-electron chi connectivity index (χ1n) is 9.46. The number of piperidine rings is 1. The molecule has 4 rings (SSSR count). The van der Waals surface area contributed by atoms with Crippen LogP contribution in [0, 0.1) is 0 Å². The van der Waals surface area contributed by atoms with E-state index in [2.05, 4.69) is 20.4 Å². The first-order chi connectivity index (χ1) is 14.4. The number of halogens is 3. The van der Waals surface area contributed by atoms with Crippen LogP contribution in [-0.4, -0.2) is 44.3 Å². The summed E-state index contributed by atoms with van der Waals surface area (Å²) in [7, 11) is 0. The van der Waals surface area contributed by atoms with E-state index in [4.69, 9.17) is 0 Å². The van der Waals surface area contributed by atoms with E-state index in [-0.39, 0.29) is 11.4 Å². The molecule has 1 N–H and O–H groups in total. The molecule has 3 heterocycles. The second-order valence-electron chi connectivity index (χ2n) is 6.87. The fourth-order valence-electron chi connectivity index (χ4n) is 3.31. The number of carbonyl (C=O) groups is 1. The molecule has 1 fully saturated rings. The highest BCUT2D eigenvalue weighted by Gasteiger charge is 2.32. The third-order valence-electron chi connectivity index (χ3n) is 4.72. The topological polar surface area (TPSA) is 75.4 Å². The summed E-state index contributed by atoms with van der Waals surface area (Å²) in [5.41, 5.74) is -0.0163. The fraction of sp³-hybridized carbons (Fsp3) is 0.368. The Labute approximate surface area is 174 Å². The lowest BCUT2D eigenvalue weighted by atomic mass is 10.1. The Morgan fingerprint density at radius 1 is 1.20 bits per heavy atom. The molecular weight excluding hydrogens is 417 g/mol. The van der Waals surface area contributed by atoms with Crippen molar-refractivity contribution in [3.63, 3.8) is 0 Å². The van der Waals surface area contributed by atoms with Crippen LogP contribution in [0.5, 0.6) is 0 Å². The number of alkyl halides is 3. The molecule has 158 valence electrons. The molecule has 0 atom stereocenters. The van der Waals surface area contributed by atoms with Gasteiger partial charge in [-0.2, -0.15) is 18.2 Å². The number of benzene rings is 1. The largest absolute Gasteiger partial charge is 0.416 e. The lowest BCUT2D eigenvalue weighted by Gasteiger charge is -2.31. The van der Waals surface area contributed by atoms with Gasteiger partial charge in [-0.25, -0.2) is 9.50 Å². The van der Waals surface area contributed by atoms with Gasteiger partial charge < -0.3 is 10.2 Å². The van der Waals surface area contributed by atoms with Crippen molar-refractivity contribution in [3.05, 3.63) is 42.2 Å².